The number of rotatable bonds is 13. The lowest BCUT2D eigenvalue weighted by molar-refractivity contribution is -0.145. The van der Waals surface area contributed by atoms with Gasteiger partial charge < -0.3 is 31.5 Å². The minimum Gasteiger partial charge on any atom is -0.390 e. The summed E-state index contributed by atoms with van der Waals surface area (Å²) in [4.78, 5) is 77.3. The van der Waals surface area contributed by atoms with Crippen molar-refractivity contribution >= 4 is 35.8 Å². The van der Waals surface area contributed by atoms with E-state index in [9.17, 15) is 24.0 Å². The van der Waals surface area contributed by atoms with Gasteiger partial charge in [-0.1, -0.05) is 87.0 Å². The minimum absolute atomic E-state index is 0.0285. The van der Waals surface area contributed by atoms with Crippen molar-refractivity contribution in [3.05, 3.63) is 0 Å². The molecule has 4 saturated carbocycles. The molecule has 6 fully saturated rings. The number of aliphatic imine (C=N–C) groups is 1. The lowest BCUT2D eigenvalue weighted by Crippen LogP contribution is -2.60. The van der Waals surface area contributed by atoms with Gasteiger partial charge in [-0.25, -0.2) is 0 Å². The maximum absolute atomic E-state index is 14.8. The minimum atomic E-state index is -0.965. The number of nitrogens with one attached hydrogen (secondary N) is 3. The highest BCUT2D eigenvalue weighted by molar-refractivity contribution is 6.38. The molecule has 310 valence electrons. The van der Waals surface area contributed by atoms with Crippen LogP contribution in [-0.4, -0.2) is 102 Å². The summed E-state index contributed by atoms with van der Waals surface area (Å²) in [6.07, 6.45) is 16.8. The second-order valence-corrected chi connectivity index (χ2v) is 19.2. The summed E-state index contributed by atoms with van der Waals surface area (Å²) in [5.41, 5.74) is 4.81. The third-order valence-electron chi connectivity index (χ3n) is 14.7. The molecule has 5 N–H and O–H groups in total. The third kappa shape index (κ3) is 8.94. The average molecular weight is 768 g/mol. The molecule has 2 saturated heterocycles. The molecule has 4 aliphatic carbocycles. The Morgan fingerprint density at radius 1 is 0.873 bits per heavy atom. The van der Waals surface area contributed by atoms with Crippen LogP contribution in [0.4, 0.5) is 0 Å². The van der Waals surface area contributed by atoms with Crippen LogP contribution in [0.25, 0.3) is 0 Å². The average Bonchev–Trinajstić information content (AvgIpc) is 3.97. The number of amides is 4. The van der Waals surface area contributed by atoms with Crippen molar-refractivity contribution in [3.8, 4) is 0 Å². The molecular formula is C43H73N7O5. The van der Waals surface area contributed by atoms with Gasteiger partial charge in [-0.15, -0.1) is 0 Å². The SMILES string of the molecule is CCC[C@H](NC(=O)[C@@H]1C[C@@]2(CN1C(=O)[C@@H](NC(=O)C(N=CN)C1CCCCC1)C(C)(C)C)C(C)(C)C21CCC1)C(=O)C(=O)NC1CC1.CCN1CCCCC1. The van der Waals surface area contributed by atoms with Crippen LogP contribution < -0.4 is 21.7 Å². The van der Waals surface area contributed by atoms with Crippen LogP contribution in [0, 0.1) is 27.6 Å². The van der Waals surface area contributed by atoms with Crippen molar-refractivity contribution in [1.82, 2.24) is 25.8 Å². The first-order valence-corrected chi connectivity index (χ1v) is 21.8. The first kappa shape index (κ1) is 43.1. The summed E-state index contributed by atoms with van der Waals surface area (Å²) in [7, 11) is 0. The number of hydrogen-bond donors (Lipinski definition) is 4. The quantitative estimate of drug-likeness (QED) is 0.118. The van der Waals surface area contributed by atoms with Gasteiger partial charge in [0.05, 0.1) is 12.4 Å². The zero-order valence-electron chi connectivity index (χ0n) is 35.1. The molecule has 0 aromatic carbocycles. The summed E-state index contributed by atoms with van der Waals surface area (Å²) in [6, 6.07) is -3.34. The molecule has 2 aliphatic heterocycles. The van der Waals surface area contributed by atoms with Gasteiger partial charge in [0.15, 0.2) is 0 Å². The highest BCUT2D eigenvalue weighted by Crippen LogP contribution is 2.88. The molecule has 1 unspecified atom stereocenters. The number of likely N-dealkylation sites (tertiary alicyclic amines) is 2. The van der Waals surface area contributed by atoms with Crippen molar-refractivity contribution in [3.63, 3.8) is 0 Å². The van der Waals surface area contributed by atoms with E-state index in [4.69, 9.17) is 5.73 Å². The zero-order chi connectivity index (χ0) is 40.2. The van der Waals surface area contributed by atoms with Crippen LogP contribution in [0.2, 0.25) is 0 Å². The normalized spacial score (nSPS) is 27.7. The number of fused-ring (bicyclic) bond motifs is 1. The molecule has 0 radical (unpaired) electrons. The standard InChI is InChI=1S/C36H58N6O5.C7H15N/c1-7-12-24(27(43)31(46)39-23-15-16-23)40-29(44)25-19-36(34(5,6)35(36)17-11-18-35)20-42(25)32(47)28(33(2,3)4)41-30(45)26(38-21-37)22-13-9-8-10-14-22;1-2-8-6-4-3-5-7-8/h21-26,28H,7-20H2,1-6H3,(H2,37,38)(H,39,46)(H,40,44)(H,41,45);2-7H2,1H3/t24-,25-,26?,28+,36+;/m0./s1. The van der Waals surface area contributed by atoms with Gasteiger partial charge in [0, 0.05) is 18.0 Å². The van der Waals surface area contributed by atoms with Crippen molar-refractivity contribution in [2.45, 2.75) is 181 Å². The van der Waals surface area contributed by atoms with E-state index < -0.39 is 47.2 Å². The van der Waals surface area contributed by atoms with Crippen LogP contribution in [0.3, 0.4) is 0 Å². The Labute approximate surface area is 330 Å². The van der Waals surface area contributed by atoms with Gasteiger partial charge in [0.1, 0.15) is 18.1 Å². The number of nitrogens with zero attached hydrogens (tertiary/aromatic N) is 3. The van der Waals surface area contributed by atoms with Gasteiger partial charge in [0.2, 0.25) is 23.5 Å². The van der Waals surface area contributed by atoms with Crippen LogP contribution in [0.15, 0.2) is 4.99 Å². The Morgan fingerprint density at radius 3 is 2.00 bits per heavy atom. The van der Waals surface area contributed by atoms with E-state index in [-0.39, 0.29) is 40.0 Å². The van der Waals surface area contributed by atoms with Gasteiger partial charge in [-0.2, -0.15) is 0 Å². The number of piperidine rings is 1. The summed E-state index contributed by atoms with van der Waals surface area (Å²) in [5.74, 6) is -2.28. The fourth-order valence-corrected chi connectivity index (χ4v) is 10.8. The number of hydrogen-bond acceptors (Lipinski definition) is 7. The van der Waals surface area contributed by atoms with Crippen molar-refractivity contribution in [1.29, 1.82) is 0 Å². The van der Waals surface area contributed by atoms with Gasteiger partial charge in [0.25, 0.3) is 5.91 Å². The van der Waals surface area contributed by atoms with E-state index in [1.807, 2.05) is 27.7 Å². The molecule has 6 aliphatic rings. The number of carbonyl (C=O) groups excluding carboxylic acids is 5. The second-order valence-electron chi connectivity index (χ2n) is 19.2. The van der Waals surface area contributed by atoms with Gasteiger partial charge in [-0.3, -0.25) is 29.0 Å². The second kappa shape index (κ2) is 17.6. The summed E-state index contributed by atoms with van der Waals surface area (Å²) >= 11 is 0. The lowest BCUT2D eigenvalue weighted by atomic mass is 9.73. The number of carbonyl (C=O) groups is 5. The predicted molar refractivity (Wildman–Crippen MR) is 216 cm³/mol. The Balaban J connectivity index is 0.000000644. The van der Waals surface area contributed by atoms with E-state index in [0.29, 0.717) is 25.8 Å². The molecular weight excluding hydrogens is 695 g/mol. The largest absolute Gasteiger partial charge is 0.390 e. The molecule has 0 aromatic rings. The topological polar surface area (TPSA) is 166 Å². The zero-order valence-corrected chi connectivity index (χ0v) is 35.1. The monoisotopic (exact) mass is 768 g/mol. The van der Waals surface area contributed by atoms with Gasteiger partial charge in [-0.05, 0) is 106 Å². The van der Waals surface area contributed by atoms with E-state index in [1.165, 1.54) is 45.2 Å². The fraction of sp³-hybridized carbons (Fsp3) is 0.860. The molecule has 0 bridgehead atoms. The lowest BCUT2D eigenvalue weighted by Gasteiger charge is -2.37. The molecule has 6 rings (SSSR count). The maximum Gasteiger partial charge on any atom is 0.289 e. The highest BCUT2D eigenvalue weighted by Gasteiger charge is 2.85. The summed E-state index contributed by atoms with van der Waals surface area (Å²) in [6.45, 7) is 18.8. The van der Waals surface area contributed by atoms with E-state index >= 15 is 0 Å². The van der Waals surface area contributed by atoms with E-state index in [2.05, 4.69) is 46.6 Å². The van der Waals surface area contributed by atoms with Gasteiger partial charge >= 0.3 is 0 Å². The molecule has 4 amide bonds. The number of nitrogens with two attached hydrogens (primary N) is 1. The predicted octanol–water partition coefficient (Wildman–Crippen LogP) is 4.88. The van der Waals surface area contributed by atoms with E-state index in [1.54, 1.807) is 4.90 Å². The Hall–Kier alpha value is -3.02. The first-order chi connectivity index (χ1) is 26.1. The first-order valence-electron chi connectivity index (χ1n) is 21.8. The smallest absolute Gasteiger partial charge is 0.289 e. The fourth-order valence-electron chi connectivity index (χ4n) is 10.8. The van der Waals surface area contributed by atoms with Crippen LogP contribution in [0.1, 0.15) is 151 Å². The molecule has 2 heterocycles. The van der Waals surface area contributed by atoms with E-state index in [0.717, 1.165) is 64.2 Å². The molecule has 5 atom stereocenters. The number of ketones is 1. The Bertz CT molecular complexity index is 1420. The third-order valence-corrected chi connectivity index (χ3v) is 14.7. The van der Waals surface area contributed by atoms with Crippen LogP contribution >= 0.6 is 0 Å². The summed E-state index contributed by atoms with van der Waals surface area (Å²) in [5, 5.41) is 8.73. The van der Waals surface area contributed by atoms with Crippen molar-refractivity contribution in [2.75, 3.05) is 26.2 Å². The maximum atomic E-state index is 14.8. The van der Waals surface area contributed by atoms with Crippen molar-refractivity contribution < 1.29 is 24.0 Å². The Morgan fingerprint density at radius 2 is 1.51 bits per heavy atom. The Kier molecular flexibility index (Phi) is 13.8. The molecule has 12 nitrogen and oxygen atoms in total. The molecule has 0 aromatic heterocycles. The highest BCUT2D eigenvalue weighted by atomic mass is 16.2. The van der Waals surface area contributed by atoms with Crippen molar-refractivity contribution in [2.24, 2.45) is 38.3 Å². The molecule has 55 heavy (non-hydrogen) atoms. The van der Waals surface area contributed by atoms with Crippen LogP contribution in [-0.2, 0) is 24.0 Å². The number of Topliss-reactive ketones (excluding diaryl/α,β-unsaturated/α-hetero) is 1. The van der Waals surface area contributed by atoms with Crippen LogP contribution in [0.5, 0.6) is 0 Å². The summed E-state index contributed by atoms with van der Waals surface area (Å²) < 4.78 is 0. The molecule has 2 spiro atoms. The molecule has 12 heteroatoms.